The van der Waals surface area contributed by atoms with Crippen LogP contribution < -0.4 is 0 Å². The van der Waals surface area contributed by atoms with Crippen molar-refractivity contribution < 1.29 is 8.83 Å². The Morgan fingerprint density at radius 1 is 0.351 bits per heavy atom. The Hall–Kier alpha value is -7.83. The standard InChI is InChI=1S/C51H30N4O2/c1-3-14-31(15-4-1)34-21-13-25-43-46(34)39-27-26-33(30-45(39)57-43)50-52-49(32-16-5-2-6-17-32)53-51(54-50)37-19-8-11-23-41(37)55-40-22-10-7-18-35(40)36-28-29-44-47(48(36)55)38-20-9-12-24-42(38)56-44/h1-30H. The first kappa shape index (κ1) is 31.5. The maximum absolute atomic E-state index is 6.53. The van der Waals surface area contributed by atoms with Crippen LogP contribution in [0.1, 0.15) is 0 Å². The molecule has 0 bridgehead atoms. The van der Waals surface area contributed by atoms with Gasteiger partial charge in [0.25, 0.3) is 0 Å². The van der Waals surface area contributed by atoms with Gasteiger partial charge in [0.05, 0.1) is 22.1 Å². The third-order valence-electron chi connectivity index (χ3n) is 11.1. The molecule has 57 heavy (non-hydrogen) atoms. The summed E-state index contributed by atoms with van der Waals surface area (Å²) in [6.07, 6.45) is 0. The molecule has 12 aromatic rings. The Morgan fingerprint density at radius 2 is 0.947 bits per heavy atom. The van der Waals surface area contributed by atoms with E-state index in [1.807, 2.05) is 66.7 Å². The average molecular weight is 731 g/mol. The Labute approximate surface area is 325 Å². The lowest BCUT2D eigenvalue weighted by Gasteiger charge is -2.15. The minimum absolute atomic E-state index is 0.560. The van der Waals surface area contributed by atoms with Crippen molar-refractivity contribution in [3.63, 3.8) is 0 Å². The highest BCUT2D eigenvalue weighted by Crippen LogP contribution is 2.43. The van der Waals surface area contributed by atoms with E-state index in [9.17, 15) is 0 Å². The van der Waals surface area contributed by atoms with Gasteiger partial charge in [-0.15, -0.1) is 0 Å². The lowest BCUT2D eigenvalue weighted by atomic mass is 9.99. The summed E-state index contributed by atoms with van der Waals surface area (Å²) in [5, 5.41) is 6.59. The molecular weight excluding hydrogens is 701 g/mol. The highest BCUT2D eigenvalue weighted by atomic mass is 16.3. The van der Waals surface area contributed by atoms with Crippen LogP contribution in [0.4, 0.5) is 0 Å². The predicted octanol–water partition coefficient (Wildman–Crippen LogP) is 13.4. The molecule has 0 aliphatic rings. The summed E-state index contributed by atoms with van der Waals surface area (Å²) in [6, 6.07) is 62.5. The van der Waals surface area contributed by atoms with Crippen molar-refractivity contribution >= 4 is 65.7 Å². The predicted molar refractivity (Wildman–Crippen MR) is 230 cm³/mol. The summed E-state index contributed by atoms with van der Waals surface area (Å²) in [5.74, 6) is 1.72. The van der Waals surface area contributed by atoms with E-state index < -0.39 is 0 Å². The first-order valence-electron chi connectivity index (χ1n) is 19.0. The number of hydrogen-bond acceptors (Lipinski definition) is 5. The SMILES string of the molecule is c1ccc(-c2nc(-c3ccc4c(c3)oc3cccc(-c5ccccc5)c34)nc(-c3ccccc3-n3c4ccccc4c4ccc5oc6ccccc6c5c43)n2)cc1. The van der Waals surface area contributed by atoms with Crippen molar-refractivity contribution in [3.05, 3.63) is 182 Å². The summed E-state index contributed by atoms with van der Waals surface area (Å²) >= 11 is 0. The maximum Gasteiger partial charge on any atom is 0.166 e. The van der Waals surface area contributed by atoms with Crippen molar-refractivity contribution in [1.29, 1.82) is 0 Å². The Kier molecular flexibility index (Phi) is 6.83. The lowest BCUT2D eigenvalue weighted by molar-refractivity contribution is 0.668. The molecule has 0 saturated carbocycles. The van der Waals surface area contributed by atoms with E-state index in [4.69, 9.17) is 23.8 Å². The fraction of sp³-hybridized carbons (Fsp3) is 0. The molecule has 0 aliphatic heterocycles. The molecule has 0 amide bonds. The van der Waals surface area contributed by atoms with Gasteiger partial charge in [-0.25, -0.2) is 15.0 Å². The molecule has 0 N–H and O–H groups in total. The van der Waals surface area contributed by atoms with Crippen LogP contribution in [0.15, 0.2) is 191 Å². The van der Waals surface area contributed by atoms with Crippen LogP contribution in [0, 0.1) is 0 Å². The van der Waals surface area contributed by atoms with E-state index in [1.165, 1.54) is 0 Å². The van der Waals surface area contributed by atoms with Gasteiger partial charge in [0.1, 0.15) is 22.3 Å². The minimum Gasteiger partial charge on any atom is -0.456 e. The molecule has 0 saturated heterocycles. The molecule has 0 aliphatic carbocycles. The highest BCUT2D eigenvalue weighted by molar-refractivity contribution is 6.24. The maximum atomic E-state index is 6.53. The minimum atomic E-state index is 0.560. The van der Waals surface area contributed by atoms with Gasteiger partial charge in [0, 0.05) is 43.6 Å². The molecule has 0 radical (unpaired) electrons. The summed E-state index contributed by atoms with van der Waals surface area (Å²) in [6.45, 7) is 0. The molecule has 266 valence electrons. The average Bonchev–Trinajstić information content (AvgIpc) is 3.96. The Bertz CT molecular complexity index is 3530. The van der Waals surface area contributed by atoms with Crippen molar-refractivity contribution in [2.75, 3.05) is 0 Å². The molecule has 4 aromatic heterocycles. The van der Waals surface area contributed by atoms with Crippen molar-refractivity contribution in [2.24, 2.45) is 0 Å². The van der Waals surface area contributed by atoms with Gasteiger partial charge in [-0.2, -0.15) is 0 Å². The summed E-state index contributed by atoms with van der Waals surface area (Å²) < 4.78 is 15.3. The van der Waals surface area contributed by atoms with Crippen LogP contribution in [0.25, 0.3) is 117 Å². The van der Waals surface area contributed by atoms with Crippen LogP contribution in [0.3, 0.4) is 0 Å². The molecule has 0 fully saturated rings. The van der Waals surface area contributed by atoms with Gasteiger partial charge in [-0.05, 0) is 65.7 Å². The molecule has 12 rings (SSSR count). The zero-order valence-corrected chi connectivity index (χ0v) is 30.4. The van der Waals surface area contributed by atoms with Crippen LogP contribution in [-0.2, 0) is 0 Å². The molecular formula is C51H30N4O2. The van der Waals surface area contributed by atoms with E-state index in [-0.39, 0.29) is 0 Å². The number of nitrogens with zero attached hydrogens (tertiary/aromatic N) is 4. The smallest absolute Gasteiger partial charge is 0.166 e. The van der Waals surface area contributed by atoms with Crippen molar-refractivity contribution in [3.8, 4) is 51.0 Å². The molecule has 0 atom stereocenters. The second-order valence-corrected chi connectivity index (χ2v) is 14.3. The third-order valence-corrected chi connectivity index (χ3v) is 11.1. The first-order valence-corrected chi connectivity index (χ1v) is 19.0. The zero-order chi connectivity index (χ0) is 37.5. The lowest BCUT2D eigenvalue weighted by Crippen LogP contribution is -2.03. The van der Waals surface area contributed by atoms with E-state index in [0.29, 0.717) is 17.5 Å². The Balaban J connectivity index is 1.10. The monoisotopic (exact) mass is 730 g/mol. The van der Waals surface area contributed by atoms with E-state index >= 15 is 0 Å². The molecule has 0 unspecified atom stereocenters. The fourth-order valence-electron chi connectivity index (χ4n) is 8.54. The normalized spacial score (nSPS) is 11.9. The van der Waals surface area contributed by atoms with E-state index in [1.54, 1.807) is 0 Å². The number of fused-ring (bicyclic) bond motifs is 10. The van der Waals surface area contributed by atoms with Crippen LogP contribution in [-0.4, -0.2) is 19.5 Å². The van der Waals surface area contributed by atoms with E-state index in [0.717, 1.165) is 99.2 Å². The number of rotatable bonds is 5. The quantitative estimate of drug-likeness (QED) is 0.176. The molecule has 0 spiro atoms. The van der Waals surface area contributed by atoms with Crippen LogP contribution >= 0.6 is 0 Å². The molecule has 6 heteroatoms. The number of furan rings is 2. The largest absolute Gasteiger partial charge is 0.456 e. The van der Waals surface area contributed by atoms with Crippen LogP contribution in [0.5, 0.6) is 0 Å². The Morgan fingerprint density at radius 3 is 1.81 bits per heavy atom. The first-order chi connectivity index (χ1) is 28.3. The molecule has 8 aromatic carbocycles. The van der Waals surface area contributed by atoms with Gasteiger partial charge >= 0.3 is 0 Å². The van der Waals surface area contributed by atoms with Crippen LogP contribution in [0.2, 0.25) is 0 Å². The summed E-state index contributed by atoms with van der Waals surface area (Å²) in [7, 11) is 0. The fourth-order valence-corrected chi connectivity index (χ4v) is 8.54. The summed E-state index contributed by atoms with van der Waals surface area (Å²) in [4.78, 5) is 15.6. The number of hydrogen-bond donors (Lipinski definition) is 0. The second-order valence-electron chi connectivity index (χ2n) is 14.3. The molecule has 4 heterocycles. The number of para-hydroxylation sites is 3. The number of benzene rings is 8. The third kappa shape index (κ3) is 4.87. The second kappa shape index (κ2) is 12.3. The van der Waals surface area contributed by atoms with Gasteiger partial charge in [-0.3, -0.25) is 0 Å². The van der Waals surface area contributed by atoms with Crippen molar-refractivity contribution in [1.82, 2.24) is 19.5 Å². The van der Waals surface area contributed by atoms with Crippen molar-refractivity contribution in [2.45, 2.75) is 0 Å². The highest BCUT2D eigenvalue weighted by Gasteiger charge is 2.23. The molecule has 6 nitrogen and oxygen atoms in total. The summed E-state index contributed by atoms with van der Waals surface area (Å²) in [5.41, 5.74) is 11.3. The van der Waals surface area contributed by atoms with Gasteiger partial charge in [0.15, 0.2) is 17.5 Å². The van der Waals surface area contributed by atoms with Gasteiger partial charge < -0.3 is 13.4 Å². The van der Waals surface area contributed by atoms with Gasteiger partial charge in [-0.1, -0.05) is 127 Å². The topological polar surface area (TPSA) is 69.9 Å². The van der Waals surface area contributed by atoms with Gasteiger partial charge in [0.2, 0.25) is 0 Å². The number of aromatic nitrogens is 4. The van der Waals surface area contributed by atoms with E-state index in [2.05, 4.69) is 120 Å². The zero-order valence-electron chi connectivity index (χ0n) is 30.4.